The van der Waals surface area contributed by atoms with E-state index >= 15 is 0 Å². The van der Waals surface area contributed by atoms with E-state index in [1.165, 1.54) is 21.3 Å². The van der Waals surface area contributed by atoms with Gasteiger partial charge >= 0.3 is 6.09 Å². The first kappa shape index (κ1) is 25.4. The van der Waals surface area contributed by atoms with E-state index in [-0.39, 0.29) is 24.5 Å². The van der Waals surface area contributed by atoms with Crippen LogP contribution >= 0.6 is 0 Å². The van der Waals surface area contributed by atoms with Crippen LogP contribution < -0.4 is 5.32 Å². The summed E-state index contributed by atoms with van der Waals surface area (Å²) in [6.07, 6.45) is 2.09. The Balaban J connectivity index is 1.63. The number of anilines is 1. The lowest BCUT2D eigenvalue weighted by Crippen LogP contribution is -2.55. The minimum absolute atomic E-state index is 0.0682. The maximum atomic E-state index is 14.4. The number of hydrogen-bond acceptors (Lipinski definition) is 5. The standard InChI is InChI=1S/C23H34FN3O5S/c1-22(2,3)32-21(29)26-13-17(14-26)20(28)25-19-12-16(8-9-18(19)24)15-33(30,31)27-11-7-6-10-23(27,4)5/h8-9,12,17H,6-7,10-11,13-15H2,1-5H3,(H,25,28). The molecule has 2 aliphatic heterocycles. The van der Waals surface area contributed by atoms with Crippen LogP contribution in [0.25, 0.3) is 0 Å². The number of nitrogens with zero attached hydrogens (tertiary/aromatic N) is 2. The maximum absolute atomic E-state index is 14.4. The number of halogens is 1. The summed E-state index contributed by atoms with van der Waals surface area (Å²) in [5.74, 6) is -1.83. The summed E-state index contributed by atoms with van der Waals surface area (Å²) >= 11 is 0. The van der Waals surface area contributed by atoms with Crippen molar-refractivity contribution in [2.75, 3.05) is 25.0 Å². The Kier molecular flexibility index (Phi) is 7.10. The van der Waals surface area contributed by atoms with Crippen LogP contribution in [0.3, 0.4) is 0 Å². The largest absolute Gasteiger partial charge is 0.444 e. The van der Waals surface area contributed by atoms with Gasteiger partial charge in [0.2, 0.25) is 15.9 Å². The summed E-state index contributed by atoms with van der Waals surface area (Å²) in [4.78, 5) is 26.0. The number of sulfonamides is 1. The van der Waals surface area contributed by atoms with Crippen LogP contribution in [0.1, 0.15) is 59.4 Å². The number of likely N-dealkylation sites (tertiary alicyclic amines) is 1. The molecule has 0 radical (unpaired) electrons. The fraction of sp³-hybridized carbons (Fsp3) is 0.652. The molecule has 2 aliphatic rings. The molecule has 2 heterocycles. The molecular weight excluding hydrogens is 449 g/mol. The molecule has 0 saturated carbocycles. The number of carbonyl (C=O) groups excluding carboxylic acids is 2. The van der Waals surface area contributed by atoms with E-state index < -0.39 is 44.9 Å². The van der Waals surface area contributed by atoms with Gasteiger partial charge in [0, 0.05) is 25.2 Å². The Morgan fingerprint density at radius 3 is 2.48 bits per heavy atom. The molecule has 0 bridgehead atoms. The molecule has 1 aromatic carbocycles. The topological polar surface area (TPSA) is 96.0 Å². The second-order valence-electron chi connectivity index (χ2n) is 10.5. The second kappa shape index (κ2) is 9.21. The highest BCUT2D eigenvalue weighted by molar-refractivity contribution is 7.88. The second-order valence-corrected chi connectivity index (χ2v) is 12.4. The van der Waals surface area contributed by atoms with Crippen LogP contribution in [0.4, 0.5) is 14.9 Å². The molecule has 2 saturated heterocycles. The zero-order valence-electron chi connectivity index (χ0n) is 20.0. The van der Waals surface area contributed by atoms with E-state index in [9.17, 15) is 22.4 Å². The highest BCUT2D eigenvalue weighted by atomic mass is 32.2. The number of benzene rings is 1. The van der Waals surface area contributed by atoms with Crippen molar-refractivity contribution >= 4 is 27.7 Å². The summed E-state index contributed by atoms with van der Waals surface area (Å²) in [6.45, 7) is 9.95. The van der Waals surface area contributed by atoms with Crippen LogP contribution in [-0.2, 0) is 25.3 Å². The van der Waals surface area contributed by atoms with Crippen LogP contribution in [-0.4, -0.2) is 60.4 Å². The normalized spacial score (nSPS) is 19.6. The lowest BCUT2D eigenvalue weighted by Gasteiger charge is -2.41. The summed E-state index contributed by atoms with van der Waals surface area (Å²) in [5, 5.41) is 2.54. The average molecular weight is 484 g/mol. The number of amides is 2. The molecule has 0 aromatic heterocycles. The lowest BCUT2D eigenvalue weighted by atomic mass is 9.93. The molecule has 0 atom stereocenters. The first-order valence-corrected chi connectivity index (χ1v) is 12.9. The zero-order chi connectivity index (χ0) is 24.6. The first-order chi connectivity index (χ1) is 15.2. The molecule has 0 aliphatic carbocycles. The Morgan fingerprint density at radius 1 is 1.21 bits per heavy atom. The number of carbonyl (C=O) groups is 2. The van der Waals surface area contributed by atoms with Gasteiger partial charge in [-0.25, -0.2) is 17.6 Å². The van der Waals surface area contributed by atoms with E-state index in [1.807, 2.05) is 13.8 Å². The van der Waals surface area contributed by atoms with Gasteiger partial charge in [0.25, 0.3) is 0 Å². The smallest absolute Gasteiger partial charge is 0.410 e. The lowest BCUT2D eigenvalue weighted by molar-refractivity contribution is -0.124. The van der Waals surface area contributed by atoms with Crippen molar-refractivity contribution in [2.24, 2.45) is 5.92 Å². The van der Waals surface area contributed by atoms with Gasteiger partial charge in [-0.05, 0) is 65.2 Å². The predicted molar refractivity (Wildman–Crippen MR) is 124 cm³/mol. The number of ether oxygens (including phenoxy) is 1. The van der Waals surface area contributed by atoms with E-state index in [2.05, 4.69) is 5.32 Å². The molecule has 184 valence electrons. The van der Waals surface area contributed by atoms with Crippen molar-refractivity contribution < 1.29 is 27.1 Å². The van der Waals surface area contributed by atoms with Crippen LogP contribution in [0.5, 0.6) is 0 Å². The summed E-state index contributed by atoms with van der Waals surface area (Å²) in [5.41, 5.74) is -0.755. The van der Waals surface area contributed by atoms with E-state index in [4.69, 9.17) is 4.74 Å². The van der Waals surface area contributed by atoms with E-state index in [1.54, 1.807) is 20.8 Å². The summed E-state index contributed by atoms with van der Waals surface area (Å²) < 4.78 is 47.3. The molecule has 10 heteroatoms. The molecule has 33 heavy (non-hydrogen) atoms. The predicted octanol–water partition coefficient (Wildman–Crippen LogP) is 3.73. The van der Waals surface area contributed by atoms with Crippen LogP contribution in [0.15, 0.2) is 18.2 Å². The number of rotatable bonds is 5. The molecule has 2 fully saturated rings. The highest BCUT2D eigenvalue weighted by Crippen LogP contribution is 2.32. The van der Waals surface area contributed by atoms with Crippen molar-refractivity contribution in [3.8, 4) is 0 Å². The van der Waals surface area contributed by atoms with E-state index in [0.29, 0.717) is 12.1 Å². The van der Waals surface area contributed by atoms with Crippen LogP contribution in [0.2, 0.25) is 0 Å². The quantitative estimate of drug-likeness (QED) is 0.689. The minimum atomic E-state index is -3.60. The van der Waals surface area contributed by atoms with E-state index in [0.717, 1.165) is 25.3 Å². The van der Waals surface area contributed by atoms with Gasteiger partial charge in [-0.1, -0.05) is 12.5 Å². The van der Waals surface area contributed by atoms with Gasteiger partial charge in [0.15, 0.2) is 0 Å². The van der Waals surface area contributed by atoms with Crippen LogP contribution in [0, 0.1) is 11.7 Å². The van der Waals surface area contributed by atoms with Gasteiger partial charge < -0.3 is 15.0 Å². The van der Waals surface area contributed by atoms with Crippen molar-refractivity contribution in [3.05, 3.63) is 29.6 Å². The molecule has 1 N–H and O–H groups in total. The summed E-state index contributed by atoms with van der Waals surface area (Å²) in [6, 6.07) is 3.95. The fourth-order valence-corrected chi connectivity index (χ4v) is 6.17. The molecule has 0 unspecified atom stereocenters. The van der Waals surface area contributed by atoms with Crippen molar-refractivity contribution in [2.45, 2.75) is 70.8 Å². The molecule has 1 aromatic rings. The minimum Gasteiger partial charge on any atom is -0.444 e. The molecule has 8 nitrogen and oxygen atoms in total. The molecule has 0 spiro atoms. The van der Waals surface area contributed by atoms with Crippen molar-refractivity contribution in [1.29, 1.82) is 0 Å². The van der Waals surface area contributed by atoms with Gasteiger partial charge in [0.05, 0.1) is 17.4 Å². The monoisotopic (exact) mass is 483 g/mol. The fourth-order valence-electron chi connectivity index (χ4n) is 4.16. The molecule has 3 rings (SSSR count). The van der Waals surface area contributed by atoms with Gasteiger partial charge in [-0.15, -0.1) is 0 Å². The maximum Gasteiger partial charge on any atom is 0.410 e. The molecular formula is C23H34FN3O5S. The third kappa shape index (κ3) is 6.23. The number of piperidine rings is 1. The number of nitrogens with one attached hydrogen (secondary N) is 1. The Hall–Kier alpha value is -2.20. The van der Waals surface area contributed by atoms with Crippen molar-refractivity contribution in [3.63, 3.8) is 0 Å². The molecule has 2 amide bonds. The third-order valence-corrected chi connectivity index (χ3v) is 8.00. The van der Waals surface area contributed by atoms with Gasteiger partial charge in [0.1, 0.15) is 11.4 Å². The van der Waals surface area contributed by atoms with Gasteiger partial charge in [-0.2, -0.15) is 4.31 Å². The third-order valence-electron chi connectivity index (χ3n) is 5.95. The zero-order valence-corrected chi connectivity index (χ0v) is 20.8. The SMILES string of the molecule is CC(C)(C)OC(=O)N1CC(C(=O)Nc2cc(CS(=O)(=O)N3CCCCC3(C)C)ccc2F)C1. The average Bonchev–Trinajstić information content (AvgIpc) is 2.60. The van der Waals surface area contributed by atoms with Gasteiger partial charge in [-0.3, -0.25) is 4.79 Å². The number of hydrogen-bond donors (Lipinski definition) is 1. The summed E-state index contributed by atoms with van der Waals surface area (Å²) in [7, 11) is -3.60. The highest BCUT2D eigenvalue weighted by Gasteiger charge is 2.39. The Bertz CT molecular complexity index is 1010. The first-order valence-electron chi connectivity index (χ1n) is 11.3. The Labute approximate surface area is 195 Å². The van der Waals surface area contributed by atoms with Crippen molar-refractivity contribution in [1.82, 2.24) is 9.21 Å². The Morgan fingerprint density at radius 2 is 1.88 bits per heavy atom.